The van der Waals surface area contributed by atoms with E-state index in [0.717, 1.165) is 41.9 Å². The molecule has 4 heterocycles. The van der Waals surface area contributed by atoms with Gasteiger partial charge in [-0.3, -0.25) is 19.4 Å². The Labute approximate surface area is 265 Å². The third kappa shape index (κ3) is 6.22. The van der Waals surface area contributed by atoms with Crippen molar-refractivity contribution in [3.8, 4) is 0 Å². The Morgan fingerprint density at radius 2 is 1.40 bits per heavy atom. The summed E-state index contributed by atoms with van der Waals surface area (Å²) in [6.07, 6.45) is 4.33. The number of carbonyl (C=O) groups is 2. The van der Waals surface area contributed by atoms with Crippen molar-refractivity contribution in [1.82, 2.24) is 14.7 Å². The monoisotopic (exact) mass is 609 g/mol. The summed E-state index contributed by atoms with van der Waals surface area (Å²) in [6.45, 7) is 7.98. The van der Waals surface area contributed by atoms with Gasteiger partial charge in [-0.2, -0.15) is 0 Å². The predicted molar refractivity (Wildman–Crippen MR) is 170 cm³/mol. The summed E-state index contributed by atoms with van der Waals surface area (Å²) in [4.78, 5) is 32.4. The predicted octanol–water partition coefficient (Wildman–Crippen LogP) is 5.33. The molecule has 0 bridgehead atoms. The SMILES string of the molecule is CC1C(CN2CCCC2CN2CCCC2)OC(c2ccc(CN3C(=O)c4ccccc4C3=O)cc2)OC1c1ccc(CO)cc1. The fraction of sp³-hybridized carbons (Fsp3) is 0.459. The van der Waals surface area contributed by atoms with Crippen LogP contribution in [0.15, 0.2) is 72.8 Å². The van der Waals surface area contributed by atoms with Crippen LogP contribution < -0.4 is 0 Å². The van der Waals surface area contributed by atoms with Gasteiger partial charge in [0.1, 0.15) is 0 Å². The van der Waals surface area contributed by atoms with Gasteiger partial charge < -0.3 is 19.5 Å². The molecule has 0 spiro atoms. The van der Waals surface area contributed by atoms with Crippen LogP contribution in [0.1, 0.15) is 88.0 Å². The Hall–Kier alpha value is -3.40. The van der Waals surface area contributed by atoms with Crippen LogP contribution in [0.4, 0.5) is 0 Å². The molecule has 45 heavy (non-hydrogen) atoms. The number of ether oxygens (including phenoxy) is 2. The quantitative estimate of drug-likeness (QED) is 0.329. The first-order valence-electron chi connectivity index (χ1n) is 16.5. The summed E-state index contributed by atoms with van der Waals surface area (Å²) < 4.78 is 13.5. The lowest BCUT2D eigenvalue weighted by atomic mass is 9.90. The standard InChI is InChI=1S/C37H43N3O5/c1-25-33(23-39-20-6-7-30(39)22-38-18-4-5-19-38)44-37(45-34(25)28-14-12-27(24-41)13-15-28)29-16-10-26(11-17-29)21-40-35(42)31-8-2-3-9-32(31)36(40)43/h2-3,8-17,25,30,33-34,37,41H,4-7,18-24H2,1H3. The van der Waals surface area contributed by atoms with Crippen molar-refractivity contribution in [2.75, 3.05) is 32.7 Å². The molecule has 0 aliphatic carbocycles. The summed E-state index contributed by atoms with van der Waals surface area (Å²) in [5.41, 5.74) is 4.65. The highest BCUT2D eigenvalue weighted by Gasteiger charge is 2.41. The molecule has 3 saturated heterocycles. The van der Waals surface area contributed by atoms with Crippen molar-refractivity contribution in [3.05, 3.63) is 106 Å². The molecule has 4 aliphatic heterocycles. The number of hydrogen-bond acceptors (Lipinski definition) is 7. The first kappa shape index (κ1) is 30.3. The van der Waals surface area contributed by atoms with E-state index in [2.05, 4.69) is 28.9 Å². The molecule has 3 fully saturated rings. The molecule has 7 rings (SSSR count). The third-order valence-corrected chi connectivity index (χ3v) is 10.2. The minimum absolute atomic E-state index is 0.0101. The van der Waals surface area contributed by atoms with E-state index in [1.54, 1.807) is 24.3 Å². The van der Waals surface area contributed by atoms with E-state index in [4.69, 9.17) is 9.47 Å². The number of amides is 2. The van der Waals surface area contributed by atoms with Crippen LogP contribution in [0.25, 0.3) is 0 Å². The maximum atomic E-state index is 12.9. The van der Waals surface area contributed by atoms with E-state index in [1.807, 2.05) is 36.4 Å². The summed E-state index contributed by atoms with van der Waals surface area (Å²) in [5, 5.41) is 9.60. The average molecular weight is 610 g/mol. The van der Waals surface area contributed by atoms with Gasteiger partial charge >= 0.3 is 0 Å². The van der Waals surface area contributed by atoms with Gasteiger partial charge in [-0.1, -0.05) is 67.6 Å². The molecule has 8 heteroatoms. The topological polar surface area (TPSA) is 82.6 Å². The summed E-state index contributed by atoms with van der Waals surface area (Å²) >= 11 is 0. The lowest BCUT2D eigenvalue weighted by Crippen LogP contribution is -2.48. The molecule has 4 aliphatic rings. The van der Waals surface area contributed by atoms with Crippen LogP contribution in [0.2, 0.25) is 0 Å². The zero-order valence-corrected chi connectivity index (χ0v) is 26.0. The molecule has 0 radical (unpaired) electrons. The Balaban J connectivity index is 1.09. The van der Waals surface area contributed by atoms with Crippen molar-refractivity contribution < 1.29 is 24.2 Å². The lowest BCUT2D eigenvalue weighted by Gasteiger charge is -2.43. The second-order valence-corrected chi connectivity index (χ2v) is 13.1. The molecule has 1 N–H and O–H groups in total. The smallest absolute Gasteiger partial charge is 0.261 e. The molecular weight excluding hydrogens is 566 g/mol. The van der Waals surface area contributed by atoms with Gasteiger partial charge in [0.15, 0.2) is 6.29 Å². The van der Waals surface area contributed by atoms with Gasteiger partial charge in [-0.05, 0) is 74.1 Å². The van der Waals surface area contributed by atoms with Gasteiger partial charge in [0.25, 0.3) is 11.8 Å². The number of aliphatic hydroxyl groups is 1. The van der Waals surface area contributed by atoms with Crippen molar-refractivity contribution in [2.45, 2.75) is 70.3 Å². The first-order chi connectivity index (χ1) is 22.0. The molecule has 0 aromatic heterocycles. The Kier molecular flexibility index (Phi) is 8.84. The number of imide groups is 1. The molecular formula is C37H43N3O5. The van der Waals surface area contributed by atoms with E-state index in [9.17, 15) is 14.7 Å². The summed E-state index contributed by atoms with van der Waals surface area (Å²) in [5.74, 6) is -0.381. The molecule has 3 aromatic carbocycles. The highest BCUT2D eigenvalue weighted by atomic mass is 16.7. The number of likely N-dealkylation sites (tertiary alicyclic amines) is 2. The minimum Gasteiger partial charge on any atom is -0.392 e. The molecule has 2 amide bonds. The van der Waals surface area contributed by atoms with Gasteiger partial charge in [0, 0.05) is 30.6 Å². The molecule has 8 nitrogen and oxygen atoms in total. The van der Waals surface area contributed by atoms with Crippen molar-refractivity contribution >= 4 is 11.8 Å². The second kappa shape index (κ2) is 13.1. The zero-order valence-electron chi connectivity index (χ0n) is 26.0. The van der Waals surface area contributed by atoms with Crippen LogP contribution in [0, 0.1) is 5.92 Å². The normalized spacial score (nSPS) is 27.4. The van der Waals surface area contributed by atoms with Gasteiger partial charge in [0.05, 0.1) is 36.5 Å². The third-order valence-electron chi connectivity index (χ3n) is 10.2. The van der Waals surface area contributed by atoms with E-state index in [1.165, 1.54) is 43.7 Å². The number of aliphatic hydroxyl groups excluding tert-OH is 1. The minimum atomic E-state index is -0.554. The number of hydrogen-bond donors (Lipinski definition) is 1. The molecule has 5 atom stereocenters. The highest BCUT2D eigenvalue weighted by Crippen LogP contribution is 2.42. The van der Waals surface area contributed by atoms with E-state index in [-0.39, 0.29) is 43.1 Å². The van der Waals surface area contributed by atoms with Crippen molar-refractivity contribution in [1.29, 1.82) is 0 Å². The lowest BCUT2D eigenvalue weighted by molar-refractivity contribution is -0.276. The summed E-state index contributed by atoms with van der Waals surface area (Å²) in [6, 6.07) is 23.5. The van der Waals surface area contributed by atoms with E-state index < -0.39 is 6.29 Å². The number of nitrogens with zero attached hydrogens (tertiary/aromatic N) is 3. The fourth-order valence-corrected chi connectivity index (χ4v) is 7.51. The van der Waals surface area contributed by atoms with Crippen LogP contribution in [-0.2, 0) is 22.6 Å². The molecule has 3 aromatic rings. The van der Waals surface area contributed by atoms with Crippen LogP contribution >= 0.6 is 0 Å². The highest BCUT2D eigenvalue weighted by molar-refractivity contribution is 6.21. The fourth-order valence-electron chi connectivity index (χ4n) is 7.51. The van der Waals surface area contributed by atoms with Crippen molar-refractivity contribution in [3.63, 3.8) is 0 Å². The largest absolute Gasteiger partial charge is 0.392 e. The zero-order chi connectivity index (χ0) is 30.9. The van der Waals surface area contributed by atoms with Crippen LogP contribution in [-0.4, -0.2) is 76.5 Å². The summed E-state index contributed by atoms with van der Waals surface area (Å²) in [7, 11) is 0. The number of rotatable bonds is 9. The average Bonchev–Trinajstić information content (AvgIpc) is 3.81. The molecule has 236 valence electrons. The van der Waals surface area contributed by atoms with E-state index in [0.29, 0.717) is 17.2 Å². The number of benzene rings is 3. The van der Waals surface area contributed by atoms with Gasteiger partial charge in [0.2, 0.25) is 0 Å². The van der Waals surface area contributed by atoms with E-state index >= 15 is 0 Å². The maximum absolute atomic E-state index is 12.9. The van der Waals surface area contributed by atoms with Crippen LogP contribution in [0.5, 0.6) is 0 Å². The van der Waals surface area contributed by atoms with Crippen LogP contribution in [0.3, 0.4) is 0 Å². The second-order valence-electron chi connectivity index (χ2n) is 13.1. The molecule has 5 unspecified atom stereocenters. The maximum Gasteiger partial charge on any atom is 0.261 e. The molecule has 0 saturated carbocycles. The number of fused-ring (bicyclic) bond motifs is 1. The number of carbonyl (C=O) groups excluding carboxylic acids is 2. The van der Waals surface area contributed by atoms with Gasteiger partial charge in [-0.25, -0.2) is 0 Å². The van der Waals surface area contributed by atoms with Crippen molar-refractivity contribution in [2.24, 2.45) is 5.92 Å². The first-order valence-corrected chi connectivity index (χ1v) is 16.5. The Morgan fingerprint density at radius 1 is 0.756 bits per heavy atom. The Morgan fingerprint density at radius 3 is 2.07 bits per heavy atom. The van der Waals surface area contributed by atoms with Gasteiger partial charge in [-0.15, -0.1) is 0 Å². The Bertz CT molecular complexity index is 1470.